The summed E-state index contributed by atoms with van der Waals surface area (Å²) in [7, 11) is -3.54. The number of carbonyl (C=O) groups is 1. The molecule has 0 saturated carbocycles. The zero-order chi connectivity index (χ0) is 28.8. The predicted octanol–water partition coefficient (Wildman–Crippen LogP) is 7.16. The largest absolute Gasteiger partial charge is 0.354 e. The van der Waals surface area contributed by atoms with E-state index in [1.807, 2.05) is 13.8 Å². The topological polar surface area (TPSA) is 109 Å². The molecule has 2 aromatic rings. The number of nitrogens with one attached hydrogen (secondary N) is 2. The summed E-state index contributed by atoms with van der Waals surface area (Å²) in [5.74, 6) is -0.347. The van der Waals surface area contributed by atoms with Gasteiger partial charge in [-0.05, 0) is 19.3 Å². The third kappa shape index (κ3) is 11.1. The van der Waals surface area contributed by atoms with Gasteiger partial charge in [-0.1, -0.05) is 123 Å². The third-order valence-electron chi connectivity index (χ3n) is 7.48. The number of unbranched alkanes of at least 4 members (excludes halogenated alkanes) is 13. The number of hydrogen-bond acceptors (Lipinski definition) is 5. The molecule has 2 rings (SSSR count). The van der Waals surface area contributed by atoms with E-state index < -0.39 is 21.0 Å². The normalized spacial score (nSPS) is 13.8. The Morgan fingerprint density at radius 1 is 0.923 bits per heavy atom. The molecule has 224 valence electrons. The minimum atomic E-state index is -3.54. The van der Waals surface area contributed by atoms with Crippen LogP contribution in [-0.2, 0) is 14.6 Å². The van der Waals surface area contributed by atoms with E-state index in [-0.39, 0.29) is 24.1 Å². The summed E-state index contributed by atoms with van der Waals surface area (Å²) in [4.78, 5) is 17.4. The van der Waals surface area contributed by atoms with Gasteiger partial charge in [0.1, 0.15) is 10.3 Å². The van der Waals surface area contributed by atoms with Crippen molar-refractivity contribution in [2.24, 2.45) is 5.92 Å². The summed E-state index contributed by atoms with van der Waals surface area (Å²) in [6, 6.07) is 0. The van der Waals surface area contributed by atoms with Crippen LogP contribution in [0.4, 0.5) is 0 Å². The Bertz CT molecular complexity index is 1100. The summed E-state index contributed by atoms with van der Waals surface area (Å²) < 4.78 is 27.7. The van der Waals surface area contributed by atoms with E-state index in [1.54, 1.807) is 13.8 Å². The zero-order valence-corrected chi connectivity index (χ0v) is 26.5. The van der Waals surface area contributed by atoms with E-state index in [4.69, 9.17) is 11.6 Å². The van der Waals surface area contributed by atoms with Crippen LogP contribution in [-0.4, -0.2) is 51.7 Å². The number of rotatable bonds is 21. The maximum atomic E-state index is 13.1. The first-order valence-corrected chi connectivity index (χ1v) is 17.3. The standard InChI is InChI=1S/C29H52ClN5O3S/c1-6-7-8-9-10-11-12-13-14-15-16-17-18-19-20-39(37,38)26(22(2)3)29(36)31-21-23(4)27-32-28-25(30)24(5)33-35(28)34-27/h22-23,26,33H,6-21H2,1-5H3,(H,31,36). The molecule has 2 aromatic heterocycles. The fourth-order valence-electron chi connectivity index (χ4n) is 5.08. The Kier molecular flexibility index (Phi) is 14.9. The fraction of sp³-hybridized carbons (Fsp3) is 0.828. The van der Waals surface area contributed by atoms with Crippen LogP contribution in [0, 0.1) is 12.8 Å². The Hall–Kier alpha value is -1.61. The van der Waals surface area contributed by atoms with Crippen molar-refractivity contribution in [2.75, 3.05) is 12.3 Å². The number of aryl methyl sites for hydroxylation is 1. The molecule has 39 heavy (non-hydrogen) atoms. The average molecular weight is 586 g/mol. The summed E-state index contributed by atoms with van der Waals surface area (Å²) >= 11 is 6.24. The first-order valence-electron chi connectivity index (χ1n) is 15.2. The molecule has 1 amide bonds. The number of aromatic nitrogens is 4. The van der Waals surface area contributed by atoms with Crippen LogP contribution >= 0.6 is 11.6 Å². The number of amides is 1. The number of halogens is 1. The van der Waals surface area contributed by atoms with E-state index in [2.05, 4.69) is 27.4 Å². The van der Waals surface area contributed by atoms with Crippen LogP contribution in [0.15, 0.2) is 0 Å². The molecule has 0 aliphatic heterocycles. The van der Waals surface area contributed by atoms with Crippen LogP contribution in [0.25, 0.3) is 5.65 Å². The van der Waals surface area contributed by atoms with Gasteiger partial charge in [-0.25, -0.2) is 13.4 Å². The number of fused-ring (bicyclic) bond motifs is 1. The van der Waals surface area contributed by atoms with Gasteiger partial charge < -0.3 is 5.32 Å². The third-order valence-corrected chi connectivity index (χ3v) is 10.3. The van der Waals surface area contributed by atoms with Gasteiger partial charge in [0.05, 0.1) is 11.4 Å². The lowest BCUT2D eigenvalue weighted by molar-refractivity contribution is -0.121. The number of aromatic amines is 1. The van der Waals surface area contributed by atoms with E-state index >= 15 is 0 Å². The second kappa shape index (κ2) is 17.3. The highest BCUT2D eigenvalue weighted by molar-refractivity contribution is 7.92. The maximum Gasteiger partial charge on any atom is 0.238 e. The molecule has 0 aliphatic rings. The molecular formula is C29H52ClN5O3S. The lowest BCUT2D eigenvalue weighted by atomic mass is 10.0. The van der Waals surface area contributed by atoms with Gasteiger partial charge in [0.15, 0.2) is 21.3 Å². The van der Waals surface area contributed by atoms with E-state index in [9.17, 15) is 13.2 Å². The number of hydrogen-bond donors (Lipinski definition) is 2. The van der Waals surface area contributed by atoms with E-state index in [0.717, 1.165) is 25.0 Å². The van der Waals surface area contributed by atoms with Crippen molar-refractivity contribution in [2.45, 2.75) is 136 Å². The van der Waals surface area contributed by atoms with Gasteiger partial charge in [0.25, 0.3) is 0 Å². The molecule has 10 heteroatoms. The minimum Gasteiger partial charge on any atom is -0.354 e. The second-order valence-corrected chi connectivity index (χ2v) is 14.1. The summed E-state index contributed by atoms with van der Waals surface area (Å²) in [6.45, 7) is 9.82. The monoisotopic (exact) mass is 585 g/mol. The van der Waals surface area contributed by atoms with Crippen molar-refractivity contribution in [3.63, 3.8) is 0 Å². The highest BCUT2D eigenvalue weighted by Crippen LogP contribution is 2.22. The molecule has 0 bridgehead atoms. The highest BCUT2D eigenvalue weighted by Gasteiger charge is 2.35. The molecular weight excluding hydrogens is 534 g/mol. The van der Waals surface area contributed by atoms with Gasteiger partial charge in [0, 0.05) is 12.5 Å². The van der Waals surface area contributed by atoms with Gasteiger partial charge in [-0.2, -0.15) is 4.63 Å². The van der Waals surface area contributed by atoms with Crippen LogP contribution in [0.3, 0.4) is 0 Å². The summed E-state index contributed by atoms with van der Waals surface area (Å²) in [5.41, 5.74) is 1.32. The van der Waals surface area contributed by atoms with Crippen molar-refractivity contribution < 1.29 is 13.2 Å². The Morgan fingerprint density at radius 3 is 1.92 bits per heavy atom. The van der Waals surface area contributed by atoms with Crippen LogP contribution in [0.5, 0.6) is 0 Å². The maximum absolute atomic E-state index is 13.1. The molecule has 0 aliphatic carbocycles. The Balaban J connectivity index is 1.66. The number of H-pyrrole nitrogens is 1. The van der Waals surface area contributed by atoms with Crippen LogP contribution in [0.2, 0.25) is 5.02 Å². The quantitative estimate of drug-likeness (QED) is 0.151. The lowest BCUT2D eigenvalue weighted by Crippen LogP contribution is -2.45. The van der Waals surface area contributed by atoms with Crippen molar-refractivity contribution in [1.29, 1.82) is 0 Å². The van der Waals surface area contributed by atoms with Crippen molar-refractivity contribution >= 4 is 33.0 Å². The zero-order valence-electron chi connectivity index (χ0n) is 24.9. The first-order chi connectivity index (χ1) is 18.6. The molecule has 0 radical (unpaired) electrons. The number of nitrogens with zero attached hydrogens (tertiary/aromatic N) is 3. The summed E-state index contributed by atoms with van der Waals surface area (Å²) in [6.07, 6.45) is 17.0. The van der Waals surface area contributed by atoms with Gasteiger partial charge in [-0.15, -0.1) is 5.10 Å². The summed E-state index contributed by atoms with van der Waals surface area (Å²) in [5, 5.41) is 9.71. The molecule has 0 aromatic carbocycles. The number of sulfone groups is 1. The Labute approximate surface area is 241 Å². The average Bonchev–Trinajstić information content (AvgIpc) is 3.40. The van der Waals surface area contributed by atoms with Crippen molar-refractivity contribution in [1.82, 2.24) is 25.1 Å². The predicted molar refractivity (Wildman–Crippen MR) is 161 cm³/mol. The van der Waals surface area contributed by atoms with E-state index in [1.165, 1.54) is 68.8 Å². The van der Waals surface area contributed by atoms with Gasteiger partial charge in [-0.3, -0.25) is 9.89 Å². The fourth-order valence-corrected chi connectivity index (χ4v) is 7.35. The van der Waals surface area contributed by atoms with Crippen LogP contribution in [0.1, 0.15) is 135 Å². The van der Waals surface area contributed by atoms with Crippen LogP contribution < -0.4 is 5.32 Å². The number of carbonyl (C=O) groups excluding carboxylic acids is 1. The van der Waals surface area contributed by atoms with E-state index in [0.29, 0.717) is 22.9 Å². The molecule has 0 fully saturated rings. The molecule has 2 N–H and O–H groups in total. The smallest absolute Gasteiger partial charge is 0.238 e. The molecule has 2 unspecified atom stereocenters. The minimum absolute atomic E-state index is 0.0576. The van der Waals surface area contributed by atoms with Crippen molar-refractivity contribution in [3.05, 3.63) is 16.5 Å². The molecule has 0 saturated heterocycles. The Morgan fingerprint density at radius 2 is 1.44 bits per heavy atom. The van der Waals surface area contributed by atoms with Gasteiger partial charge in [0.2, 0.25) is 5.91 Å². The van der Waals surface area contributed by atoms with Crippen molar-refractivity contribution in [3.8, 4) is 0 Å². The lowest BCUT2D eigenvalue weighted by Gasteiger charge is -2.21. The molecule has 0 spiro atoms. The highest BCUT2D eigenvalue weighted by atomic mass is 35.5. The first kappa shape index (κ1) is 33.6. The van der Waals surface area contributed by atoms with Gasteiger partial charge >= 0.3 is 0 Å². The SMILES string of the molecule is CCCCCCCCCCCCCCCCS(=O)(=O)C(C(=O)NCC(C)c1nc2c(Cl)c(C)[nH]n2n1)C(C)C. The molecule has 8 nitrogen and oxygen atoms in total. The molecule has 2 atom stereocenters. The molecule has 2 heterocycles. The second-order valence-electron chi connectivity index (χ2n) is 11.5.